The topological polar surface area (TPSA) is 29.1 Å². The van der Waals surface area contributed by atoms with Crippen molar-refractivity contribution in [3.05, 3.63) is 34.9 Å². The summed E-state index contributed by atoms with van der Waals surface area (Å²) in [5.74, 6) is -2.03. The van der Waals surface area contributed by atoms with Gasteiger partial charge in [-0.25, -0.2) is 0 Å². The van der Waals surface area contributed by atoms with Crippen LogP contribution in [-0.4, -0.2) is 18.6 Å². The molecule has 0 fully saturated rings. The normalized spacial score (nSPS) is 18.3. The second-order valence-electron chi connectivity index (χ2n) is 3.89. The molecule has 2 nitrogen and oxygen atoms in total. The van der Waals surface area contributed by atoms with Crippen molar-refractivity contribution >= 4 is 5.91 Å². The van der Waals surface area contributed by atoms with E-state index in [2.05, 4.69) is 5.32 Å². The number of nitrogens with one attached hydrogen (secondary N) is 1. The van der Waals surface area contributed by atoms with E-state index in [0.29, 0.717) is 0 Å². The molecule has 0 saturated carbocycles. The average molecular weight is 259 g/mol. The quantitative estimate of drug-likeness (QED) is 0.760. The third-order valence-electron chi connectivity index (χ3n) is 2.69. The molecule has 1 aliphatic rings. The lowest BCUT2D eigenvalue weighted by atomic mass is 9.89. The summed E-state index contributed by atoms with van der Waals surface area (Å²) in [6.45, 7) is 5.33. The maximum absolute atomic E-state index is 12.7. The molecular weight excluding hydrogens is 243 g/mol. The number of carbonyl (C=O) groups excluding carboxylic acids is 1. The first-order valence-corrected chi connectivity index (χ1v) is 5.85. The van der Waals surface area contributed by atoms with Crippen molar-refractivity contribution in [1.82, 2.24) is 5.32 Å². The van der Waals surface area contributed by atoms with Gasteiger partial charge in [-0.05, 0) is 18.6 Å². The molecule has 1 heterocycles. The molecule has 2 rings (SSSR count). The Morgan fingerprint density at radius 1 is 1.28 bits per heavy atom. The molecule has 1 aromatic rings. The van der Waals surface area contributed by atoms with Gasteiger partial charge in [0.1, 0.15) is 0 Å². The number of alkyl halides is 3. The fourth-order valence-corrected chi connectivity index (χ4v) is 1.87. The van der Waals surface area contributed by atoms with Gasteiger partial charge in [0, 0.05) is 12.1 Å². The predicted molar refractivity (Wildman–Crippen MR) is 63.7 cm³/mol. The summed E-state index contributed by atoms with van der Waals surface area (Å²) in [7, 11) is 0. The Morgan fingerprint density at radius 3 is 2.44 bits per heavy atom. The number of benzene rings is 1. The molecule has 1 amide bonds. The Labute approximate surface area is 104 Å². The largest absolute Gasteiger partial charge is 0.397 e. The monoisotopic (exact) mass is 259 g/mol. The first kappa shape index (κ1) is 14.5. The zero-order valence-corrected chi connectivity index (χ0v) is 10.6. The molecule has 5 heteroatoms. The average Bonchev–Trinajstić information content (AvgIpc) is 2.30. The van der Waals surface area contributed by atoms with Crippen LogP contribution in [0, 0.1) is 6.92 Å². The van der Waals surface area contributed by atoms with Crippen molar-refractivity contribution in [3.8, 4) is 0 Å². The zero-order valence-electron chi connectivity index (χ0n) is 10.6. The second-order valence-corrected chi connectivity index (χ2v) is 3.89. The number of aryl methyl sites for hydroxylation is 1. The lowest BCUT2D eigenvalue weighted by molar-refractivity contribution is -0.149. The molecule has 100 valence electrons. The van der Waals surface area contributed by atoms with E-state index in [1.54, 1.807) is 13.0 Å². The smallest absolute Gasteiger partial charge is 0.351 e. The van der Waals surface area contributed by atoms with E-state index in [0.717, 1.165) is 5.56 Å². The number of fused-ring (bicyclic) bond motifs is 1. The molecule has 18 heavy (non-hydrogen) atoms. The van der Waals surface area contributed by atoms with Crippen LogP contribution in [0.5, 0.6) is 0 Å². The van der Waals surface area contributed by atoms with E-state index in [-0.39, 0.29) is 17.7 Å². The number of rotatable bonds is 0. The molecule has 1 unspecified atom stereocenters. The number of halogens is 3. The van der Waals surface area contributed by atoms with E-state index >= 15 is 0 Å². The molecule has 0 aliphatic carbocycles. The Morgan fingerprint density at radius 2 is 1.89 bits per heavy atom. The van der Waals surface area contributed by atoms with Crippen LogP contribution in [0.1, 0.15) is 41.3 Å². The number of amides is 1. The summed E-state index contributed by atoms with van der Waals surface area (Å²) < 4.78 is 38.2. The van der Waals surface area contributed by atoms with Crippen LogP contribution >= 0.6 is 0 Å². The van der Waals surface area contributed by atoms with Gasteiger partial charge in [0.15, 0.2) is 0 Å². The summed E-state index contributed by atoms with van der Waals surface area (Å²) in [4.78, 5) is 11.4. The van der Waals surface area contributed by atoms with E-state index < -0.39 is 18.0 Å². The van der Waals surface area contributed by atoms with Gasteiger partial charge in [0.25, 0.3) is 5.91 Å². The van der Waals surface area contributed by atoms with Gasteiger partial charge in [-0.15, -0.1) is 0 Å². The molecule has 0 aromatic heterocycles. The molecule has 1 aliphatic heterocycles. The van der Waals surface area contributed by atoms with Crippen LogP contribution in [0.2, 0.25) is 0 Å². The van der Waals surface area contributed by atoms with Crippen LogP contribution in [0.4, 0.5) is 13.2 Å². The van der Waals surface area contributed by atoms with Crippen molar-refractivity contribution in [3.63, 3.8) is 0 Å². The molecule has 0 spiro atoms. The Balaban J connectivity index is 0.000000771. The minimum absolute atomic E-state index is 0.0799. The lowest BCUT2D eigenvalue weighted by Crippen LogP contribution is -2.40. The molecular formula is C13H16F3NO. The van der Waals surface area contributed by atoms with Gasteiger partial charge < -0.3 is 5.32 Å². The minimum Gasteiger partial charge on any atom is -0.351 e. The minimum atomic E-state index is -4.32. The maximum Gasteiger partial charge on any atom is 0.397 e. The van der Waals surface area contributed by atoms with Gasteiger partial charge >= 0.3 is 6.18 Å². The van der Waals surface area contributed by atoms with Gasteiger partial charge in [-0.2, -0.15) is 13.2 Å². The van der Waals surface area contributed by atoms with Crippen LogP contribution in [-0.2, 0) is 0 Å². The SMILES string of the molecule is CC.Cc1ccc2c(c1)C(C(F)(F)F)CNC2=O. The summed E-state index contributed by atoms with van der Waals surface area (Å²) in [6, 6.07) is 4.52. The van der Waals surface area contributed by atoms with Gasteiger partial charge in [0.05, 0.1) is 5.92 Å². The van der Waals surface area contributed by atoms with Crippen molar-refractivity contribution in [2.45, 2.75) is 32.9 Å². The second kappa shape index (κ2) is 5.42. The number of hydrogen-bond donors (Lipinski definition) is 1. The Hall–Kier alpha value is -1.52. The predicted octanol–water partition coefficient (Wildman–Crippen LogP) is 3.41. The molecule has 0 bridgehead atoms. The third kappa shape index (κ3) is 2.83. The standard InChI is InChI=1S/C11H10F3NO.C2H6/c1-6-2-3-7-8(4-6)9(11(12,13)14)5-15-10(7)16;1-2/h2-4,9H,5H2,1H3,(H,15,16);1-2H3. The van der Waals surface area contributed by atoms with E-state index in [9.17, 15) is 18.0 Å². The number of hydrogen-bond acceptors (Lipinski definition) is 1. The van der Waals surface area contributed by atoms with Crippen molar-refractivity contribution < 1.29 is 18.0 Å². The van der Waals surface area contributed by atoms with Crippen molar-refractivity contribution in [2.75, 3.05) is 6.54 Å². The Bertz CT molecular complexity index is 440. The molecule has 1 N–H and O–H groups in total. The van der Waals surface area contributed by atoms with E-state index in [1.807, 2.05) is 13.8 Å². The first-order valence-electron chi connectivity index (χ1n) is 5.85. The fourth-order valence-electron chi connectivity index (χ4n) is 1.87. The van der Waals surface area contributed by atoms with E-state index in [1.165, 1.54) is 12.1 Å². The van der Waals surface area contributed by atoms with Gasteiger partial charge in [0.2, 0.25) is 0 Å². The fraction of sp³-hybridized carbons (Fsp3) is 0.462. The lowest BCUT2D eigenvalue weighted by Gasteiger charge is -2.27. The van der Waals surface area contributed by atoms with Crippen molar-refractivity contribution in [1.29, 1.82) is 0 Å². The highest BCUT2D eigenvalue weighted by Crippen LogP contribution is 2.38. The van der Waals surface area contributed by atoms with Crippen LogP contribution < -0.4 is 5.32 Å². The highest BCUT2D eigenvalue weighted by Gasteiger charge is 2.44. The van der Waals surface area contributed by atoms with Crippen LogP contribution in [0.15, 0.2) is 18.2 Å². The number of carbonyl (C=O) groups is 1. The first-order chi connectivity index (χ1) is 8.39. The molecule has 0 saturated heterocycles. The van der Waals surface area contributed by atoms with Crippen LogP contribution in [0.3, 0.4) is 0 Å². The Kier molecular flexibility index (Phi) is 4.38. The summed E-state index contributed by atoms with van der Waals surface area (Å²) in [6.07, 6.45) is -4.32. The highest BCUT2D eigenvalue weighted by molar-refractivity contribution is 5.97. The zero-order chi connectivity index (χ0) is 13.9. The molecule has 1 aromatic carbocycles. The third-order valence-corrected chi connectivity index (χ3v) is 2.69. The summed E-state index contributed by atoms with van der Waals surface area (Å²) in [5.41, 5.74) is 0.929. The van der Waals surface area contributed by atoms with Crippen molar-refractivity contribution in [2.24, 2.45) is 0 Å². The molecule has 1 atom stereocenters. The van der Waals surface area contributed by atoms with Gasteiger partial charge in [-0.1, -0.05) is 31.5 Å². The summed E-state index contributed by atoms with van der Waals surface area (Å²) in [5, 5.41) is 2.26. The molecule has 0 radical (unpaired) electrons. The summed E-state index contributed by atoms with van der Waals surface area (Å²) >= 11 is 0. The van der Waals surface area contributed by atoms with Gasteiger partial charge in [-0.3, -0.25) is 4.79 Å². The maximum atomic E-state index is 12.7. The van der Waals surface area contributed by atoms with Crippen LogP contribution in [0.25, 0.3) is 0 Å². The van der Waals surface area contributed by atoms with E-state index in [4.69, 9.17) is 0 Å². The highest BCUT2D eigenvalue weighted by atomic mass is 19.4.